The summed E-state index contributed by atoms with van der Waals surface area (Å²) in [6.45, 7) is 5.00. The molecular formula is C20H27BrN2O2. The van der Waals surface area contributed by atoms with Gasteiger partial charge in [-0.1, -0.05) is 49.0 Å². The van der Waals surface area contributed by atoms with Crippen molar-refractivity contribution in [1.82, 2.24) is 4.90 Å². The molecule has 1 aromatic carbocycles. The summed E-state index contributed by atoms with van der Waals surface area (Å²) >= 11 is 3.39. The minimum atomic E-state index is -0.232. The third-order valence-corrected chi connectivity index (χ3v) is 6.16. The number of rotatable bonds is 4. The van der Waals surface area contributed by atoms with E-state index in [0.717, 1.165) is 29.5 Å². The van der Waals surface area contributed by atoms with Crippen molar-refractivity contribution in [3.63, 3.8) is 0 Å². The molecule has 5 heteroatoms. The second-order valence-electron chi connectivity index (χ2n) is 8.06. The van der Waals surface area contributed by atoms with Crippen molar-refractivity contribution in [3.05, 3.63) is 28.7 Å². The van der Waals surface area contributed by atoms with Crippen molar-refractivity contribution in [2.24, 2.45) is 11.3 Å². The van der Waals surface area contributed by atoms with Gasteiger partial charge in [-0.3, -0.25) is 9.59 Å². The van der Waals surface area contributed by atoms with Crippen molar-refractivity contribution in [2.75, 3.05) is 11.9 Å². The van der Waals surface area contributed by atoms with Gasteiger partial charge in [0.25, 0.3) is 0 Å². The second kappa shape index (κ2) is 7.48. The van der Waals surface area contributed by atoms with Crippen LogP contribution in [0.25, 0.3) is 0 Å². The van der Waals surface area contributed by atoms with E-state index in [1.165, 1.54) is 19.3 Å². The number of likely N-dealkylation sites (tertiary alicyclic amines) is 1. The van der Waals surface area contributed by atoms with E-state index in [9.17, 15) is 9.59 Å². The second-order valence-corrected chi connectivity index (χ2v) is 8.97. The number of hydrogen-bond acceptors (Lipinski definition) is 2. The van der Waals surface area contributed by atoms with Gasteiger partial charge in [0.2, 0.25) is 11.8 Å². The molecule has 4 nitrogen and oxygen atoms in total. The van der Waals surface area contributed by atoms with Gasteiger partial charge in [-0.2, -0.15) is 0 Å². The number of halogens is 1. The number of benzene rings is 1. The Hall–Kier alpha value is -1.36. The number of carbonyl (C=O) groups is 2. The predicted molar refractivity (Wildman–Crippen MR) is 103 cm³/mol. The third kappa shape index (κ3) is 4.25. The van der Waals surface area contributed by atoms with Gasteiger partial charge in [0.05, 0.1) is 5.92 Å². The van der Waals surface area contributed by atoms with Gasteiger partial charge >= 0.3 is 0 Å². The molecule has 0 aromatic heterocycles. The van der Waals surface area contributed by atoms with Gasteiger partial charge in [-0.25, -0.2) is 0 Å². The van der Waals surface area contributed by atoms with E-state index in [-0.39, 0.29) is 29.6 Å². The fraction of sp³-hybridized carbons (Fsp3) is 0.600. The van der Waals surface area contributed by atoms with Gasteiger partial charge in [-0.05, 0) is 42.5 Å². The molecule has 1 heterocycles. The molecule has 1 saturated heterocycles. The number of carbonyl (C=O) groups excluding carboxylic acids is 2. The molecule has 0 bridgehead atoms. The van der Waals surface area contributed by atoms with Crippen LogP contribution in [0.3, 0.4) is 0 Å². The average molecular weight is 407 g/mol. The summed E-state index contributed by atoms with van der Waals surface area (Å²) in [5.41, 5.74) is 0.603. The Morgan fingerprint density at radius 3 is 2.48 bits per heavy atom. The van der Waals surface area contributed by atoms with E-state index in [1.54, 1.807) is 0 Å². The standard InChI is InChI=1S/C20H27BrN2O2/c1-20(2)13-23(16-6-4-3-5-7-16)19(25)17(20)12-18(24)22-15-10-8-14(21)9-11-15/h8-11,16-17H,3-7,12-13H2,1-2H3,(H,22,24)/t17-/m0/s1. The Kier molecular flexibility index (Phi) is 5.52. The topological polar surface area (TPSA) is 49.4 Å². The van der Waals surface area contributed by atoms with Crippen LogP contribution in [0.4, 0.5) is 5.69 Å². The zero-order valence-corrected chi connectivity index (χ0v) is 16.6. The summed E-state index contributed by atoms with van der Waals surface area (Å²) in [5, 5.41) is 2.92. The highest BCUT2D eigenvalue weighted by Gasteiger charge is 2.48. The molecule has 1 atom stereocenters. The van der Waals surface area contributed by atoms with Crippen LogP contribution in [0.1, 0.15) is 52.4 Å². The molecule has 1 aliphatic heterocycles. The van der Waals surface area contributed by atoms with Crippen LogP contribution < -0.4 is 5.32 Å². The summed E-state index contributed by atoms with van der Waals surface area (Å²) < 4.78 is 0.973. The fourth-order valence-corrected chi connectivity index (χ4v) is 4.42. The first-order valence-electron chi connectivity index (χ1n) is 9.23. The summed E-state index contributed by atoms with van der Waals surface area (Å²) in [6, 6.07) is 7.88. The highest BCUT2D eigenvalue weighted by molar-refractivity contribution is 9.10. The number of nitrogens with one attached hydrogen (secondary N) is 1. The highest BCUT2D eigenvalue weighted by Crippen LogP contribution is 2.41. The number of anilines is 1. The molecule has 3 rings (SSSR count). The van der Waals surface area contributed by atoms with E-state index in [1.807, 2.05) is 24.3 Å². The monoisotopic (exact) mass is 406 g/mol. The Morgan fingerprint density at radius 1 is 1.20 bits per heavy atom. The zero-order valence-electron chi connectivity index (χ0n) is 15.1. The lowest BCUT2D eigenvalue weighted by Crippen LogP contribution is -2.39. The first-order chi connectivity index (χ1) is 11.9. The summed E-state index contributed by atoms with van der Waals surface area (Å²) in [5.74, 6) is -0.146. The minimum Gasteiger partial charge on any atom is -0.339 e. The van der Waals surface area contributed by atoms with Gasteiger partial charge < -0.3 is 10.2 Å². The van der Waals surface area contributed by atoms with Crippen LogP contribution >= 0.6 is 15.9 Å². The van der Waals surface area contributed by atoms with E-state index < -0.39 is 0 Å². The van der Waals surface area contributed by atoms with E-state index in [2.05, 4.69) is 40.0 Å². The molecular weight excluding hydrogens is 380 g/mol. The fourth-order valence-electron chi connectivity index (χ4n) is 4.16. The maximum Gasteiger partial charge on any atom is 0.227 e. The van der Waals surface area contributed by atoms with Crippen LogP contribution in [0, 0.1) is 11.3 Å². The Balaban J connectivity index is 1.64. The number of hydrogen-bond donors (Lipinski definition) is 1. The zero-order chi connectivity index (χ0) is 18.0. The highest BCUT2D eigenvalue weighted by atomic mass is 79.9. The van der Waals surface area contributed by atoms with Crippen molar-refractivity contribution in [2.45, 2.75) is 58.4 Å². The largest absolute Gasteiger partial charge is 0.339 e. The maximum absolute atomic E-state index is 13.0. The molecule has 0 unspecified atom stereocenters. The number of nitrogens with zero attached hydrogens (tertiary/aromatic N) is 1. The van der Waals surface area contributed by atoms with Crippen molar-refractivity contribution < 1.29 is 9.59 Å². The molecule has 1 aliphatic carbocycles. The molecule has 1 N–H and O–H groups in total. The Labute approximate surface area is 158 Å². The lowest BCUT2D eigenvalue weighted by atomic mass is 9.79. The van der Waals surface area contributed by atoms with Gasteiger partial charge in [0, 0.05) is 29.2 Å². The summed E-state index contributed by atoms with van der Waals surface area (Å²) in [6.07, 6.45) is 6.18. The quantitative estimate of drug-likeness (QED) is 0.794. The molecule has 1 saturated carbocycles. The van der Waals surface area contributed by atoms with Crippen LogP contribution in [0.5, 0.6) is 0 Å². The van der Waals surface area contributed by atoms with Crippen LogP contribution in [-0.2, 0) is 9.59 Å². The third-order valence-electron chi connectivity index (χ3n) is 5.64. The minimum absolute atomic E-state index is 0.0840. The van der Waals surface area contributed by atoms with E-state index in [4.69, 9.17) is 0 Å². The SMILES string of the molecule is CC1(C)CN(C2CCCCC2)C(=O)[C@@H]1CC(=O)Nc1ccc(Br)cc1. The molecule has 2 amide bonds. The lowest BCUT2D eigenvalue weighted by molar-refractivity contribution is -0.136. The lowest BCUT2D eigenvalue weighted by Gasteiger charge is -2.32. The van der Waals surface area contributed by atoms with Crippen molar-refractivity contribution in [3.8, 4) is 0 Å². The molecule has 2 fully saturated rings. The van der Waals surface area contributed by atoms with E-state index >= 15 is 0 Å². The first-order valence-corrected chi connectivity index (χ1v) is 10.0. The molecule has 1 aromatic rings. The van der Waals surface area contributed by atoms with Gasteiger partial charge in [-0.15, -0.1) is 0 Å². The van der Waals surface area contributed by atoms with Gasteiger partial charge in [0.1, 0.15) is 0 Å². The van der Waals surface area contributed by atoms with Gasteiger partial charge in [0.15, 0.2) is 0 Å². The molecule has 0 radical (unpaired) electrons. The first kappa shape index (κ1) is 18.4. The summed E-state index contributed by atoms with van der Waals surface area (Å²) in [4.78, 5) is 27.5. The van der Waals surface area contributed by atoms with Crippen LogP contribution in [0.15, 0.2) is 28.7 Å². The summed E-state index contributed by atoms with van der Waals surface area (Å²) in [7, 11) is 0. The molecule has 136 valence electrons. The maximum atomic E-state index is 13.0. The molecule has 0 spiro atoms. The van der Waals surface area contributed by atoms with Crippen LogP contribution in [0.2, 0.25) is 0 Å². The molecule has 25 heavy (non-hydrogen) atoms. The van der Waals surface area contributed by atoms with Crippen molar-refractivity contribution in [1.29, 1.82) is 0 Å². The predicted octanol–water partition coefficient (Wildman–Crippen LogP) is 4.60. The average Bonchev–Trinajstić information content (AvgIpc) is 2.81. The Bertz CT molecular complexity index is 636. The van der Waals surface area contributed by atoms with E-state index in [0.29, 0.717) is 6.04 Å². The Morgan fingerprint density at radius 2 is 1.84 bits per heavy atom. The van der Waals surface area contributed by atoms with Crippen molar-refractivity contribution >= 4 is 33.4 Å². The smallest absolute Gasteiger partial charge is 0.227 e. The molecule has 2 aliphatic rings. The normalized spacial score (nSPS) is 23.7. The number of amides is 2. The van der Waals surface area contributed by atoms with Crippen LogP contribution in [-0.4, -0.2) is 29.3 Å².